The Bertz CT molecular complexity index is 358. The molecule has 2 N–H and O–H groups in total. The van der Waals surface area contributed by atoms with Crippen LogP contribution in [0.1, 0.15) is 39.5 Å². The van der Waals surface area contributed by atoms with Crippen molar-refractivity contribution in [2.75, 3.05) is 23.7 Å². The third-order valence-electron chi connectivity index (χ3n) is 3.66. The van der Waals surface area contributed by atoms with Crippen LogP contribution >= 0.6 is 0 Å². The SMILES string of the molecule is CCCNc1cccc(NCC2(CC)CC2)n1. The van der Waals surface area contributed by atoms with Crippen LogP contribution in [0.25, 0.3) is 0 Å². The van der Waals surface area contributed by atoms with E-state index in [1.807, 2.05) is 12.1 Å². The molecule has 2 rings (SSSR count). The summed E-state index contributed by atoms with van der Waals surface area (Å²) in [6.45, 7) is 6.48. The monoisotopic (exact) mass is 233 g/mol. The number of nitrogens with zero attached hydrogens (tertiary/aromatic N) is 1. The lowest BCUT2D eigenvalue weighted by Crippen LogP contribution is -2.15. The van der Waals surface area contributed by atoms with Gasteiger partial charge in [-0.15, -0.1) is 0 Å². The second kappa shape index (κ2) is 5.39. The van der Waals surface area contributed by atoms with E-state index in [0.717, 1.165) is 31.1 Å². The average molecular weight is 233 g/mol. The molecule has 1 saturated carbocycles. The normalized spacial score (nSPS) is 16.6. The van der Waals surface area contributed by atoms with E-state index in [2.05, 4.69) is 35.5 Å². The Labute approximate surface area is 104 Å². The average Bonchev–Trinajstić information content (AvgIpc) is 3.15. The molecule has 0 radical (unpaired) electrons. The predicted octanol–water partition coefficient (Wildman–Crippen LogP) is 3.51. The Morgan fingerprint density at radius 2 is 1.88 bits per heavy atom. The van der Waals surface area contributed by atoms with Crippen molar-refractivity contribution in [1.82, 2.24) is 4.98 Å². The minimum Gasteiger partial charge on any atom is -0.370 e. The second-order valence-electron chi connectivity index (χ2n) is 5.04. The van der Waals surface area contributed by atoms with Gasteiger partial charge in [0.05, 0.1) is 0 Å². The fraction of sp³-hybridized carbons (Fsp3) is 0.643. The summed E-state index contributed by atoms with van der Waals surface area (Å²) in [4.78, 5) is 4.55. The molecule has 1 fully saturated rings. The minimum atomic E-state index is 0.564. The van der Waals surface area contributed by atoms with Crippen LogP contribution < -0.4 is 10.6 Å². The minimum absolute atomic E-state index is 0.564. The quantitative estimate of drug-likeness (QED) is 0.756. The summed E-state index contributed by atoms with van der Waals surface area (Å²) < 4.78 is 0. The maximum atomic E-state index is 4.55. The van der Waals surface area contributed by atoms with Crippen molar-refractivity contribution in [3.05, 3.63) is 18.2 Å². The molecule has 1 aromatic rings. The lowest BCUT2D eigenvalue weighted by atomic mass is 10.0. The Kier molecular flexibility index (Phi) is 3.87. The number of hydrogen-bond acceptors (Lipinski definition) is 3. The highest BCUT2D eigenvalue weighted by atomic mass is 15.1. The van der Waals surface area contributed by atoms with Crippen molar-refractivity contribution in [3.8, 4) is 0 Å². The number of hydrogen-bond donors (Lipinski definition) is 2. The molecule has 0 saturated heterocycles. The second-order valence-corrected chi connectivity index (χ2v) is 5.04. The molecule has 0 aromatic carbocycles. The highest BCUT2D eigenvalue weighted by Gasteiger charge is 2.40. The molecule has 0 unspecified atom stereocenters. The van der Waals surface area contributed by atoms with Gasteiger partial charge in [-0.05, 0) is 43.2 Å². The first-order valence-electron chi connectivity index (χ1n) is 6.73. The topological polar surface area (TPSA) is 37.0 Å². The third-order valence-corrected chi connectivity index (χ3v) is 3.66. The number of anilines is 2. The van der Waals surface area contributed by atoms with E-state index >= 15 is 0 Å². The van der Waals surface area contributed by atoms with Crippen molar-refractivity contribution in [3.63, 3.8) is 0 Å². The van der Waals surface area contributed by atoms with Gasteiger partial charge in [-0.1, -0.05) is 19.9 Å². The summed E-state index contributed by atoms with van der Waals surface area (Å²) in [5.74, 6) is 1.96. The van der Waals surface area contributed by atoms with Crippen LogP contribution in [0.5, 0.6) is 0 Å². The van der Waals surface area contributed by atoms with Gasteiger partial charge < -0.3 is 10.6 Å². The first-order chi connectivity index (χ1) is 8.28. The number of pyridine rings is 1. The summed E-state index contributed by atoms with van der Waals surface area (Å²) in [7, 11) is 0. The van der Waals surface area contributed by atoms with Crippen LogP contribution in [0.4, 0.5) is 11.6 Å². The zero-order chi connectivity index (χ0) is 12.1. The van der Waals surface area contributed by atoms with E-state index in [1.54, 1.807) is 0 Å². The highest BCUT2D eigenvalue weighted by Crippen LogP contribution is 2.48. The molecule has 1 aliphatic rings. The highest BCUT2D eigenvalue weighted by molar-refractivity contribution is 5.45. The van der Waals surface area contributed by atoms with Crippen LogP contribution in [-0.4, -0.2) is 18.1 Å². The predicted molar refractivity (Wildman–Crippen MR) is 73.5 cm³/mol. The lowest BCUT2D eigenvalue weighted by molar-refractivity contribution is 0.521. The lowest BCUT2D eigenvalue weighted by Gasteiger charge is -2.14. The van der Waals surface area contributed by atoms with Crippen molar-refractivity contribution in [2.24, 2.45) is 5.41 Å². The molecule has 1 aliphatic carbocycles. The van der Waals surface area contributed by atoms with Crippen molar-refractivity contribution in [2.45, 2.75) is 39.5 Å². The van der Waals surface area contributed by atoms with Crippen LogP contribution in [0.3, 0.4) is 0 Å². The number of aromatic nitrogens is 1. The van der Waals surface area contributed by atoms with Crippen LogP contribution in [-0.2, 0) is 0 Å². The van der Waals surface area contributed by atoms with E-state index in [0.29, 0.717) is 5.41 Å². The summed E-state index contributed by atoms with van der Waals surface area (Å²) >= 11 is 0. The molecular formula is C14H23N3. The van der Waals surface area contributed by atoms with Crippen molar-refractivity contribution < 1.29 is 0 Å². The van der Waals surface area contributed by atoms with Gasteiger partial charge in [0.25, 0.3) is 0 Å². The van der Waals surface area contributed by atoms with Gasteiger partial charge in [0.1, 0.15) is 11.6 Å². The Morgan fingerprint density at radius 3 is 2.47 bits per heavy atom. The zero-order valence-electron chi connectivity index (χ0n) is 10.9. The summed E-state index contributed by atoms with van der Waals surface area (Å²) in [5, 5.41) is 6.77. The number of rotatable bonds is 7. The molecule has 0 bridgehead atoms. The molecule has 0 spiro atoms. The Balaban J connectivity index is 1.87. The van der Waals surface area contributed by atoms with Gasteiger partial charge in [-0.2, -0.15) is 0 Å². The fourth-order valence-electron chi connectivity index (χ4n) is 1.99. The Hall–Kier alpha value is -1.25. The molecule has 0 atom stereocenters. The molecule has 1 heterocycles. The molecule has 3 nitrogen and oxygen atoms in total. The first-order valence-corrected chi connectivity index (χ1v) is 6.73. The molecule has 0 aliphatic heterocycles. The molecular weight excluding hydrogens is 210 g/mol. The summed E-state index contributed by atoms with van der Waals surface area (Å²) in [6.07, 6.45) is 5.13. The number of nitrogens with one attached hydrogen (secondary N) is 2. The van der Waals surface area contributed by atoms with Crippen LogP contribution in [0, 0.1) is 5.41 Å². The van der Waals surface area contributed by atoms with E-state index in [4.69, 9.17) is 0 Å². The van der Waals surface area contributed by atoms with E-state index in [-0.39, 0.29) is 0 Å². The van der Waals surface area contributed by atoms with Crippen molar-refractivity contribution in [1.29, 1.82) is 0 Å². The molecule has 17 heavy (non-hydrogen) atoms. The smallest absolute Gasteiger partial charge is 0.128 e. The van der Waals surface area contributed by atoms with E-state index in [9.17, 15) is 0 Å². The Morgan fingerprint density at radius 1 is 1.18 bits per heavy atom. The van der Waals surface area contributed by atoms with Gasteiger partial charge in [0, 0.05) is 13.1 Å². The van der Waals surface area contributed by atoms with Gasteiger partial charge in [-0.25, -0.2) is 4.98 Å². The molecule has 3 heteroatoms. The standard InChI is InChI=1S/C14H23N3/c1-3-10-15-12-6-5-7-13(17-12)16-11-14(4-2)8-9-14/h5-7H,3-4,8-11H2,1-2H3,(H2,15,16,17). The fourth-order valence-corrected chi connectivity index (χ4v) is 1.99. The van der Waals surface area contributed by atoms with Crippen molar-refractivity contribution >= 4 is 11.6 Å². The third kappa shape index (κ3) is 3.35. The molecule has 94 valence electrons. The van der Waals surface area contributed by atoms with Crippen LogP contribution in [0.2, 0.25) is 0 Å². The zero-order valence-corrected chi connectivity index (χ0v) is 10.9. The van der Waals surface area contributed by atoms with Gasteiger partial charge in [0.2, 0.25) is 0 Å². The van der Waals surface area contributed by atoms with Crippen LogP contribution in [0.15, 0.2) is 18.2 Å². The van der Waals surface area contributed by atoms with Gasteiger partial charge in [0.15, 0.2) is 0 Å². The van der Waals surface area contributed by atoms with Gasteiger partial charge in [-0.3, -0.25) is 0 Å². The summed E-state index contributed by atoms with van der Waals surface area (Å²) in [5.41, 5.74) is 0.564. The maximum Gasteiger partial charge on any atom is 0.128 e. The van der Waals surface area contributed by atoms with E-state index in [1.165, 1.54) is 19.3 Å². The van der Waals surface area contributed by atoms with E-state index < -0.39 is 0 Å². The summed E-state index contributed by atoms with van der Waals surface area (Å²) in [6, 6.07) is 6.12. The first kappa shape index (κ1) is 12.2. The largest absolute Gasteiger partial charge is 0.370 e. The van der Waals surface area contributed by atoms with Gasteiger partial charge >= 0.3 is 0 Å². The molecule has 1 aromatic heterocycles. The molecule has 0 amide bonds. The maximum absolute atomic E-state index is 4.55.